The Balaban J connectivity index is 0.00000304. The lowest BCUT2D eigenvalue weighted by Gasteiger charge is -2.30. The molecule has 0 radical (unpaired) electrons. The zero-order chi connectivity index (χ0) is 24.5. The first-order chi connectivity index (χ1) is 17.0. The molecule has 4 nitrogen and oxygen atoms in total. The van der Waals surface area contributed by atoms with Gasteiger partial charge in [-0.05, 0) is 65.3 Å². The van der Waals surface area contributed by atoms with E-state index < -0.39 is 17.7 Å². The van der Waals surface area contributed by atoms with Gasteiger partial charge in [-0.1, -0.05) is 44.2 Å². The Morgan fingerprint density at radius 1 is 0.889 bits per heavy atom. The Labute approximate surface area is 215 Å². The van der Waals surface area contributed by atoms with Gasteiger partial charge in [0.15, 0.2) is 17.7 Å². The maximum atomic E-state index is 14.1. The van der Waals surface area contributed by atoms with Gasteiger partial charge in [-0.3, -0.25) is 0 Å². The molecule has 0 spiro atoms. The van der Waals surface area contributed by atoms with Gasteiger partial charge in [0.2, 0.25) is 0 Å². The fourth-order valence-corrected chi connectivity index (χ4v) is 4.69. The highest BCUT2D eigenvalue weighted by atomic mass is 35.5. The minimum Gasteiger partial charge on any atom is -0.508 e. The maximum Gasteiger partial charge on any atom is 0.162 e. The molecule has 0 saturated heterocycles. The van der Waals surface area contributed by atoms with Gasteiger partial charge in [0.25, 0.3) is 0 Å². The fourth-order valence-electron chi connectivity index (χ4n) is 4.69. The van der Waals surface area contributed by atoms with Crippen LogP contribution in [0.15, 0.2) is 66.7 Å². The van der Waals surface area contributed by atoms with Gasteiger partial charge in [0.1, 0.15) is 23.9 Å². The first-order valence-electron chi connectivity index (χ1n) is 11.8. The molecule has 4 aromatic carbocycles. The van der Waals surface area contributed by atoms with E-state index in [4.69, 9.17) is 9.47 Å². The van der Waals surface area contributed by atoms with Crippen LogP contribution in [0.25, 0.3) is 21.9 Å². The molecule has 0 aromatic heterocycles. The van der Waals surface area contributed by atoms with Crippen molar-refractivity contribution in [1.29, 1.82) is 0 Å². The van der Waals surface area contributed by atoms with Crippen LogP contribution in [0.3, 0.4) is 0 Å². The normalized spacial score (nSPS) is 14.1. The van der Waals surface area contributed by atoms with Crippen LogP contribution in [0, 0.1) is 11.6 Å². The van der Waals surface area contributed by atoms with Gasteiger partial charge in [0, 0.05) is 23.7 Å². The van der Waals surface area contributed by atoms with Crippen molar-refractivity contribution in [3.8, 4) is 28.4 Å². The summed E-state index contributed by atoms with van der Waals surface area (Å²) in [5.74, 6) is -0.666. The van der Waals surface area contributed by atoms with Crippen molar-refractivity contribution >= 4 is 23.2 Å². The molecule has 36 heavy (non-hydrogen) atoms. The quantitative estimate of drug-likeness (QED) is 0.287. The Morgan fingerprint density at radius 3 is 2.33 bits per heavy atom. The van der Waals surface area contributed by atoms with Crippen LogP contribution in [-0.2, 0) is 0 Å². The van der Waals surface area contributed by atoms with Gasteiger partial charge in [-0.25, -0.2) is 8.78 Å². The molecule has 1 N–H and O–H groups in total. The van der Waals surface area contributed by atoms with Gasteiger partial charge >= 0.3 is 0 Å². The molecular weight excluding hydrogens is 484 g/mol. The minimum absolute atomic E-state index is 0. The molecule has 0 amide bonds. The van der Waals surface area contributed by atoms with Crippen molar-refractivity contribution in [3.63, 3.8) is 0 Å². The third-order valence-electron chi connectivity index (χ3n) is 6.62. The summed E-state index contributed by atoms with van der Waals surface area (Å²) in [7, 11) is 0. The summed E-state index contributed by atoms with van der Waals surface area (Å²) in [6.07, 6.45) is -0.541. The first-order valence-corrected chi connectivity index (χ1v) is 11.8. The molecule has 1 atom stereocenters. The van der Waals surface area contributed by atoms with Crippen molar-refractivity contribution in [1.82, 2.24) is 4.90 Å². The van der Waals surface area contributed by atoms with Crippen LogP contribution in [-0.4, -0.2) is 36.2 Å². The van der Waals surface area contributed by atoms with Crippen LogP contribution in [0.5, 0.6) is 17.2 Å². The van der Waals surface area contributed by atoms with E-state index in [0.717, 1.165) is 58.9 Å². The number of ether oxygens (including phenoxy) is 2. The summed E-state index contributed by atoms with van der Waals surface area (Å²) in [5, 5.41) is 11.7. The molecule has 0 fully saturated rings. The van der Waals surface area contributed by atoms with Gasteiger partial charge in [0.05, 0.1) is 0 Å². The molecular formula is C29H28ClF2NO3. The van der Waals surface area contributed by atoms with E-state index in [1.165, 1.54) is 6.07 Å². The predicted molar refractivity (Wildman–Crippen MR) is 140 cm³/mol. The molecule has 1 heterocycles. The van der Waals surface area contributed by atoms with Crippen molar-refractivity contribution < 1.29 is 23.4 Å². The summed E-state index contributed by atoms with van der Waals surface area (Å²) >= 11 is 0. The standard InChI is InChI=1S/C29H27F2NO3.ClH/c1-3-32(4-2)13-14-34-21-9-5-18(6-10-21)29-28-22-12-8-20(33)15-19(22)7-11-23(28)24-16-25(30)26(31)17-27(24)35-29;/h5-12,15-17,29,33H,3-4,13-14H2,1-2H3;1H. The van der Waals surface area contributed by atoms with Crippen molar-refractivity contribution in [2.45, 2.75) is 20.0 Å². The number of aromatic hydroxyl groups is 1. The third-order valence-corrected chi connectivity index (χ3v) is 6.62. The number of fused-ring (bicyclic) bond motifs is 5. The average Bonchev–Trinajstić information content (AvgIpc) is 2.87. The lowest BCUT2D eigenvalue weighted by atomic mass is 9.86. The maximum absolute atomic E-state index is 14.1. The van der Waals surface area contributed by atoms with Crippen molar-refractivity contribution in [2.75, 3.05) is 26.2 Å². The molecule has 0 aliphatic carbocycles. The van der Waals surface area contributed by atoms with E-state index in [1.54, 1.807) is 12.1 Å². The SMILES string of the molecule is CCN(CC)CCOc1ccc(C2Oc3cc(F)c(F)cc3-c3ccc4cc(O)ccc4c32)cc1.Cl. The molecule has 0 bridgehead atoms. The molecule has 0 saturated carbocycles. The zero-order valence-electron chi connectivity index (χ0n) is 20.1. The van der Waals surface area contributed by atoms with Crippen LogP contribution in [0.2, 0.25) is 0 Å². The number of phenols is 1. The molecule has 7 heteroatoms. The second kappa shape index (κ2) is 10.7. The number of halogens is 3. The molecule has 1 aliphatic rings. The smallest absolute Gasteiger partial charge is 0.162 e. The average molecular weight is 512 g/mol. The summed E-state index contributed by atoms with van der Waals surface area (Å²) in [6, 6.07) is 18.8. The Hall–Kier alpha value is -3.35. The summed E-state index contributed by atoms with van der Waals surface area (Å²) < 4.78 is 40.4. The number of nitrogens with zero attached hydrogens (tertiary/aromatic N) is 1. The summed E-state index contributed by atoms with van der Waals surface area (Å²) in [5.41, 5.74) is 2.98. The number of phenolic OH excluding ortho intramolecular Hbond substituents is 1. The molecule has 1 aliphatic heterocycles. The van der Waals surface area contributed by atoms with Gasteiger partial charge < -0.3 is 19.5 Å². The Kier molecular flexibility index (Phi) is 7.67. The highest BCUT2D eigenvalue weighted by Crippen LogP contribution is 2.48. The van der Waals surface area contributed by atoms with E-state index >= 15 is 0 Å². The highest BCUT2D eigenvalue weighted by molar-refractivity contribution is 5.95. The predicted octanol–water partition coefficient (Wildman–Crippen LogP) is 7.11. The lowest BCUT2D eigenvalue weighted by molar-refractivity contribution is 0.222. The monoisotopic (exact) mass is 511 g/mol. The second-order valence-corrected chi connectivity index (χ2v) is 8.64. The largest absolute Gasteiger partial charge is 0.508 e. The van der Waals surface area contributed by atoms with Gasteiger partial charge in [-0.15, -0.1) is 12.4 Å². The topological polar surface area (TPSA) is 41.9 Å². The highest BCUT2D eigenvalue weighted by Gasteiger charge is 2.30. The van der Waals surface area contributed by atoms with E-state index in [2.05, 4.69) is 18.7 Å². The van der Waals surface area contributed by atoms with Crippen molar-refractivity contribution in [2.24, 2.45) is 0 Å². The third kappa shape index (κ3) is 4.84. The van der Waals surface area contributed by atoms with E-state index in [-0.39, 0.29) is 18.2 Å². The minimum atomic E-state index is -0.950. The Morgan fingerprint density at radius 2 is 1.61 bits per heavy atom. The number of hydrogen-bond donors (Lipinski definition) is 1. The number of benzene rings is 4. The summed E-state index contributed by atoms with van der Waals surface area (Å²) in [4.78, 5) is 2.30. The lowest BCUT2D eigenvalue weighted by Crippen LogP contribution is -2.27. The zero-order valence-corrected chi connectivity index (χ0v) is 20.9. The van der Waals surface area contributed by atoms with E-state index in [0.29, 0.717) is 17.9 Å². The van der Waals surface area contributed by atoms with Crippen molar-refractivity contribution in [3.05, 3.63) is 89.5 Å². The molecule has 4 aromatic rings. The van der Waals surface area contributed by atoms with Gasteiger partial charge in [-0.2, -0.15) is 0 Å². The number of hydrogen-bond acceptors (Lipinski definition) is 4. The molecule has 188 valence electrons. The molecule has 5 rings (SSSR count). The summed E-state index contributed by atoms with van der Waals surface area (Å²) in [6.45, 7) is 7.67. The van der Waals surface area contributed by atoms with Crippen LogP contribution < -0.4 is 9.47 Å². The van der Waals surface area contributed by atoms with E-state index in [9.17, 15) is 13.9 Å². The second-order valence-electron chi connectivity index (χ2n) is 8.64. The van der Waals surface area contributed by atoms with E-state index in [1.807, 2.05) is 42.5 Å². The van der Waals surface area contributed by atoms with Crippen LogP contribution in [0.1, 0.15) is 31.1 Å². The Bertz CT molecular complexity index is 1370. The van der Waals surface area contributed by atoms with Crippen LogP contribution in [0.4, 0.5) is 8.78 Å². The number of likely N-dealkylation sites (N-methyl/N-ethyl adjacent to an activating group) is 1. The molecule has 1 unspecified atom stereocenters. The fraction of sp³-hybridized carbons (Fsp3) is 0.241. The number of rotatable bonds is 7. The van der Waals surface area contributed by atoms with Crippen LogP contribution >= 0.6 is 12.4 Å². The first kappa shape index (κ1) is 25.7.